The smallest absolute Gasteiger partial charge is 0.0726 e. The van der Waals surface area contributed by atoms with Gasteiger partial charge in [0.05, 0.1) is 11.1 Å². The van der Waals surface area contributed by atoms with Crippen molar-refractivity contribution in [3.8, 4) is 44.5 Å². The number of hydrogen-bond donors (Lipinski definition) is 0. The molecule has 0 unspecified atom stereocenters. The predicted octanol–water partition coefficient (Wildman–Crippen LogP) is 16.0. The van der Waals surface area contributed by atoms with Gasteiger partial charge in [0, 0.05) is 16.9 Å². The molecule has 0 amide bonds. The molecule has 1 spiro atoms. The number of hydrogen-bond acceptors (Lipinski definition) is 1. The fraction of sp³-hybridized carbons (Fsp3) is 0.213. The van der Waals surface area contributed by atoms with Gasteiger partial charge in [-0.15, -0.1) is 0 Å². The minimum Gasteiger partial charge on any atom is -0.310 e. The largest absolute Gasteiger partial charge is 0.310 e. The van der Waals surface area contributed by atoms with Gasteiger partial charge in [-0.25, -0.2) is 0 Å². The maximum atomic E-state index is 2.57. The second-order valence-electron chi connectivity index (χ2n) is 19.4. The summed E-state index contributed by atoms with van der Waals surface area (Å²) in [4.78, 5) is 2.57. The Hall–Kier alpha value is -6.44. The highest BCUT2D eigenvalue weighted by Crippen LogP contribution is 2.64. The van der Waals surface area contributed by atoms with Gasteiger partial charge >= 0.3 is 0 Å². The lowest BCUT2D eigenvalue weighted by Gasteiger charge is -2.54. The molecule has 8 aromatic carbocycles. The second-order valence-corrected chi connectivity index (χ2v) is 19.4. The molecule has 0 N–H and O–H groups in total. The topological polar surface area (TPSA) is 3.24 Å². The van der Waals surface area contributed by atoms with Crippen LogP contribution in [0, 0.1) is 37.5 Å². The van der Waals surface area contributed by atoms with Crippen LogP contribution in [0.2, 0.25) is 0 Å². The molecule has 0 saturated heterocycles. The molecule has 0 aromatic heterocycles. The molecule has 1 heteroatoms. The first kappa shape index (κ1) is 36.2. The van der Waals surface area contributed by atoms with Gasteiger partial charge in [0.1, 0.15) is 0 Å². The summed E-state index contributed by atoms with van der Waals surface area (Å²) < 4.78 is 0. The van der Waals surface area contributed by atoms with Crippen molar-refractivity contribution in [1.82, 2.24) is 0 Å². The van der Waals surface area contributed by atoms with E-state index in [2.05, 4.69) is 201 Å². The second kappa shape index (κ2) is 13.8. The van der Waals surface area contributed by atoms with E-state index in [0.29, 0.717) is 5.92 Å². The Morgan fingerprint density at radius 1 is 0.387 bits per heavy atom. The van der Waals surface area contributed by atoms with Gasteiger partial charge < -0.3 is 4.90 Å². The zero-order chi connectivity index (χ0) is 41.1. The highest BCUT2D eigenvalue weighted by molar-refractivity contribution is 5.98. The molecule has 300 valence electrons. The predicted molar refractivity (Wildman–Crippen MR) is 258 cm³/mol. The van der Waals surface area contributed by atoms with E-state index in [1.165, 1.54) is 127 Å². The maximum Gasteiger partial charge on any atom is 0.0726 e. The lowest BCUT2D eigenvalue weighted by molar-refractivity contribution is -0.00277. The van der Waals surface area contributed by atoms with Gasteiger partial charge in [0.2, 0.25) is 0 Å². The zero-order valence-corrected chi connectivity index (χ0v) is 35.7. The number of anilines is 3. The lowest BCUT2D eigenvalue weighted by Crippen LogP contribution is -2.43. The number of aryl methyl sites for hydroxylation is 2. The van der Waals surface area contributed by atoms with Crippen LogP contribution in [0.25, 0.3) is 44.5 Å². The molecule has 0 aliphatic heterocycles. The summed E-state index contributed by atoms with van der Waals surface area (Å²) in [5.74, 6) is 4.34. The molecule has 6 aliphatic carbocycles. The average Bonchev–Trinajstić information content (AvgIpc) is 3.75. The van der Waals surface area contributed by atoms with Crippen LogP contribution in [0.1, 0.15) is 77.0 Å². The minimum atomic E-state index is -0.431. The van der Waals surface area contributed by atoms with Crippen LogP contribution in [0.15, 0.2) is 182 Å². The van der Waals surface area contributed by atoms with Crippen molar-refractivity contribution < 1.29 is 0 Å². The van der Waals surface area contributed by atoms with E-state index >= 15 is 0 Å². The summed E-state index contributed by atoms with van der Waals surface area (Å²) in [6.45, 7) is 4.50. The van der Waals surface area contributed by atoms with Gasteiger partial charge in [0.15, 0.2) is 0 Å². The van der Waals surface area contributed by atoms with Crippen molar-refractivity contribution in [2.45, 2.75) is 57.3 Å². The van der Waals surface area contributed by atoms with E-state index in [0.717, 1.165) is 23.7 Å². The number of benzene rings is 8. The fourth-order valence-corrected chi connectivity index (χ4v) is 13.8. The van der Waals surface area contributed by atoms with Crippen molar-refractivity contribution >= 4 is 17.1 Å². The van der Waals surface area contributed by atoms with E-state index in [1.807, 2.05) is 0 Å². The van der Waals surface area contributed by atoms with Gasteiger partial charge in [-0.05, 0) is 173 Å². The summed E-state index contributed by atoms with van der Waals surface area (Å²) >= 11 is 0. The van der Waals surface area contributed by atoms with Crippen molar-refractivity contribution in [1.29, 1.82) is 0 Å². The van der Waals surface area contributed by atoms with Crippen LogP contribution in [0.5, 0.6) is 0 Å². The molecule has 0 atom stereocenters. The number of fused-ring (bicyclic) bond motifs is 10. The molecule has 4 fully saturated rings. The summed E-state index contributed by atoms with van der Waals surface area (Å²) in [6.07, 6.45) is 7.23. The molecule has 62 heavy (non-hydrogen) atoms. The van der Waals surface area contributed by atoms with Gasteiger partial charge in [-0.3, -0.25) is 0 Å². The van der Waals surface area contributed by atoms with Crippen LogP contribution in [0.3, 0.4) is 0 Å². The monoisotopic (exact) mass is 797 g/mol. The lowest BCUT2D eigenvalue weighted by atomic mass is 9.51. The Bertz CT molecular complexity index is 2980. The summed E-state index contributed by atoms with van der Waals surface area (Å²) in [6, 6.07) is 69.7. The molecular weight excluding hydrogens is 747 g/mol. The Balaban J connectivity index is 1.04. The van der Waals surface area contributed by atoms with Gasteiger partial charge in [-0.1, -0.05) is 163 Å². The van der Waals surface area contributed by atoms with Crippen molar-refractivity contribution in [2.75, 3.05) is 4.90 Å². The zero-order valence-electron chi connectivity index (χ0n) is 35.7. The summed E-state index contributed by atoms with van der Waals surface area (Å²) in [7, 11) is 0. The van der Waals surface area contributed by atoms with Crippen molar-refractivity contribution in [3.63, 3.8) is 0 Å². The molecule has 4 saturated carbocycles. The van der Waals surface area contributed by atoms with E-state index in [-0.39, 0.29) is 0 Å². The first-order valence-electron chi connectivity index (χ1n) is 23.1. The summed E-state index contributed by atoms with van der Waals surface area (Å²) in [5.41, 5.74) is 23.1. The maximum absolute atomic E-state index is 2.57. The first-order valence-corrected chi connectivity index (χ1v) is 23.1. The SMILES string of the molecule is Cc1ccc2c(c1)C1(c3ccccc3-c3ccc(N(c4ccc(C5C6CC7CC(C6)CC5C7)cc4)c4ccccc4-c4ccccc4-c4ccccc4)cc31)c1cc(C)ccc1-2. The van der Waals surface area contributed by atoms with Crippen LogP contribution in [0.4, 0.5) is 17.1 Å². The van der Waals surface area contributed by atoms with Crippen LogP contribution in [-0.4, -0.2) is 0 Å². The molecule has 6 aliphatic rings. The highest BCUT2D eigenvalue weighted by Gasteiger charge is 2.52. The molecule has 0 radical (unpaired) electrons. The molecule has 8 aromatic rings. The van der Waals surface area contributed by atoms with E-state index in [4.69, 9.17) is 0 Å². The molecular formula is C61H51N. The quantitative estimate of drug-likeness (QED) is 0.162. The Kier molecular flexibility index (Phi) is 8.06. The van der Waals surface area contributed by atoms with Crippen LogP contribution >= 0.6 is 0 Å². The highest BCUT2D eigenvalue weighted by atomic mass is 15.1. The van der Waals surface area contributed by atoms with Crippen molar-refractivity contribution in [3.05, 3.63) is 221 Å². The number of para-hydroxylation sites is 1. The van der Waals surface area contributed by atoms with E-state index < -0.39 is 5.41 Å². The van der Waals surface area contributed by atoms with Gasteiger partial charge in [0.25, 0.3) is 0 Å². The normalized spacial score (nSPS) is 21.7. The summed E-state index contributed by atoms with van der Waals surface area (Å²) in [5, 5.41) is 0. The fourth-order valence-electron chi connectivity index (χ4n) is 13.8. The third-order valence-electron chi connectivity index (χ3n) is 15.9. The first-order chi connectivity index (χ1) is 30.5. The molecule has 4 bridgehead atoms. The Morgan fingerprint density at radius 2 is 0.887 bits per heavy atom. The standard InChI is InChI=1S/C61H51N/c1-38-20-27-51-52-28-21-39(2)31-57(52)61(56(51)30-38)55-18-10-8-16-50(55)53-29-26-47(37-58(53)61)62(46-24-22-43(23-25-46)60-44-33-40-32-41(35-44)36-45(60)34-40)59-19-11-9-17-54(59)49-15-7-6-14-48(49)42-12-4-3-5-13-42/h3-31,37,40-41,44-45,60H,32-36H2,1-2H3. The minimum absolute atomic E-state index is 0.431. The Labute approximate surface area is 366 Å². The van der Waals surface area contributed by atoms with Crippen LogP contribution in [-0.2, 0) is 5.41 Å². The van der Waals surface area contributed by atoms with Crippen LogP contribution < -0.4 is 4.90 Å². The van der Waals surface area contributed by atoms with Crippen molar-refractivity contribution in [2.24, 2.45) is 23.7 Å². The third-order valence-corrected chi connectivity index (χ3v) is 15.9. The molecule has 1 nitrogen and oxygen atoms in total. The Morgan fingerprint density at radius 3 is 1.55 bits per heavy atom. The van der Waals surface area contributed by atoms with E-state index in [9.17, 15) is 0 Å². The number of rotatable bonds is 6. The molecule has 14 rings (SSSR count). The van der Waals surface area contributed by atoms with E-state index in [1.54, 1.807) is 5.56 Å². The third kappa shape index (κ3) is 5.27. The number of nitrogens with zero attached hydrogens (tertiary/aromatic N) is 1. The molecule has 0 heterocycles. The average molecular weight is 798 g/mol. The van der Waals surface area contributed by atoms with Gasteiger partial charge in [-0.2, -0.15) is 0 Å².